The van der Waals surface area contributed by atoms with Crippen LogP contribution in [0.2, 0.25) is 0 Å². The van der Waals surface area contributed by atoms with E-state index in [1.807, 2.05) is 0 Å². The molecule has 7 heteroatoms. The first-order valence-corrected chi connectivity index (χ1v) is 7.41. The third-order valence-electron chi connectivity index (χ3n) is 4.02. The van der Waals surface area contributed by atoms with Gasteiger partial charge < -0.3 is 14.5 Å². The zero-order valence-electron chi connectivity index (χ0n) is 13.0. The lowest BCUT2D eigenvalue weighted by atomic mass is 10.0. The number of carbonyl (C=O) groups is 2. The first kappa shape index (κ1) is 15.2. The Kier molecular flexibility index (Phi) is 3.85. The second kappa shape index (κ2) is 5.83. The third kappa shape index (κ3) is 2.94. The lowest BCUT2D eigenvalue weighted by Crippen LogP contribution is -2.33. The van der Waals surface area contributed by atoms with Gasteiger partial charge in [-0.3, -0.25) is 9.78 Å². The highest BCUT2D eigenvalue weighted by atomic mass is 16.5. The molecule has 1 aliphatic rings. The molecule has 3 rings (SSSR count). The summed E-state index contributed by atoms with van der Waals surface area (Å²) >= 11 is 0. The maximum atomic E-state index is 12.4. The molecule has 0 unspecified atom stereocenters. The van der Waals surface area contributed by atoms with E-state index in [0.29, 0.717) is 43.1 Å². The van der Waals surface area contributed by atoms with E-state index in [2.05, 4.69) is 10.1 Å². The number of aromatic nitrogens is 2. The van der Waals surface area contributed by atoms with Crippen LogP contribution in [-0.4, -0.2) is 45.1 Å². The molecule has 0 atom stereocenters. The van der Waals surface area contributed by atoms with Gasteiger partial charge in [-0.05, 0) is 31.9 Å². The van der Waals surface area contributed by atoms with Crippen molar-refractivity contribution in [3.63, 3.8) is 0 Å². The van der Waals surface area contributed by atoms with E-state index in [1.165, 1.54) is 0 Å². The Bertz CT molecular complexity index is 782. The minimum absolute atomic E-state index is 0.176. The fourth-order valence-electron chi connectivity index (χ4n) is 2.79. The number of hydrogen-bond donors (Lipinski definition) is 1. The molecule has 3 heterocycles. The van der Waals surface area contributed by atoms with Crippen LogP contribution >= 0.6 is 0 Å². The second-order valence-electron chi connectivity index (χ2n) is 5.65. The summed E-state index contributed by atoms with van der Waals surface area (Å²) in [5.74, 6) is -0.562. The van der Waals surface area contributed by atoms with Crippen LogP contribution in [0, 0.1) is 13.8 Å². The van der Waals surface area contributed by atoms with Gasteiger partial charge in [-0.2, -0.15) is 0 Å². The van der Waals surface area contributed by atoms with Crippen molar-refractivity contribution in [2.45, 2.75) is 26.7 Å². The molecule has 2 aromatic rings. The Hall–Kier alpha value is -2.70. The number of carboxylic acids is 1. The van der Waals surface area contributed by atoms with Crippen LogP contribution in [0.5, 0.6) is 0 Å². The third-order valence-corrected chi connectivity index (χ3v) is 4.02. The Morgan fingerprint density at radius 2 is 1.96 bits per heavy atom. The van der Waals surface area contributed by atoms with E-state index < -0.39 is 5.97 Å². The highest BCUT2D eigenvalue weighted by molar-refractivity contribution is 5.92. The lowest BCUT2D eigenvalue weighted by molar-refractivity contribution is 0.0693. The molecule has 23 heavy (non-hydrogen) atoms. The van der Waals surface area contributed by atoms with Gasteiger partial charge in [0.05, 0.1) is 11.3 Å². The minimum atomic E-state index is -0.979. The molecule has 1 amide bonds. The lowest BCUT2D eigenvalue weighted by Gasteiger charge is -2.18. The summed E-state index contributed by atoms with van der Waals surface area (Å²) in [6.07, 6.45) is 1.17. The molecule has 0 aliphatic carbocycles. The van der Waals surface area contributed by atoms with Crippen LogP contribution in [0.3, 0.4) is 0 Å². The van der Waals surface area contributed by atoms with Gasteiger partial charge in [-0.1, -0.05) is 5.16 Å². The van der Waals surface area contributed by atoms with Gasteiger partial charge in [0.1, 0.15) is 5.76 Å². The van der Waals surface area contributed by atoms with Crippen molar-refractivity contribution in [3.05, 3.63) is 46.1 Å². The Balaban J connectivity index is 1.82. The number of carbonyl (C=O) groups excluding carboxylic acids is 1. The standard InChI is InChI=1S/C16H17N3O4/c1-9-7-14(18-23-9)15(20)19-5-3-11-8-12(16(21)22)10(2)17-13(11)4-6-19/h7-8H,3-6H2,1-2H3,(H,21,22). The fraction of sp³-hybridized carbons (Fsp3) is 0.375. The molecule has 0 aromatic carbocycles. The van der Waals surface area contributed by atoms with Crippen LogP contribution in [-0.2, 0) is 12.8 Å². The van der Waals surface area contributed by atoms with Gasteiger partial charge in [0.15, 0.2) is 5.69 Å². The van der Waals surface area contributed by atoms with E-state index in [4.69, 9.17) is 4.52 Å². The largest absolute Gasteiger partial charge is 0.478 e. The van der Waals surface area contributed by atoms with Crippen molar-refractivity contribution < 1.29 is 19.2 Å². The van der Waals surface area contributed by atoms with Gasteiger partial charge in [-0.15, -0.1) is 0 Å². The summed E-state index contributed by atoms with van der Waals surface area (Å²) in [5, 5.41) is 13.0. The maximum absolute atomic E-state index is 12.4. The second-order valence-corrected chi connectivity index (χ2v) is 5.65. The number of carboxylic acid groups (broad SMARTS) is 1. The van der Waals surface area contributed by atoms with E-state index in [0.717, 1.165) is 11.3 Å². The van der Waals surface area contributed by atoms with Crippen molar-refractivity contribution in [1.29, 1.82) is 0 Å². The van der Waals surface area contributed by atoms with Crippen LogP contribution in [0.4, 0.5) is 0 Å². The molecular formula is C16H17N3O4. The van der Waals surface area contributed by atoms with Gasteiger partial charge >= 0.3 is 5.97 Å². The molecule has 1 N–H and O–H groups in total. The number of aromatic carboxylic acids is 1. The zero-order chi connectivity index (χ0) is 16.6. The Labute approximate surface area is 132 Å². The quantitative estimate of drug-likeness (QED) is 0.904. The van der Waals surface area contributed by atoms with Crippen molar-refractivity contribution in [3.8, 4) is 0 Å². The molecular weight excluding hydrogens is 298 g/mol. The zero-order valence-corrected chi connectivity index (χ0v) is 13.0. The van der Waals surface area contributed by atoms with Crippen molar-refractivity contribution >= 4 is 11.9 Å². The molecule has 0 radical (unpaired) electrons. The van der Waals surface area contributed by atoms with Gasteiger partial charge in [0.25, 0.3) is 5.91 Å². The topological polar surface area (TPSA) is 96.5 Å². The minimum Gasteiger partial charge on any atom is -0.478 e. The SMILES string of the molecule is Cc1cc(C(=O)N2CCc3cc(C(=O)O)c(C)nc3CC2)no1. The Morgan fingerprint density at radius 3 is 2.61 bits per heavy atom. The number of hydrogen-bond acceptors (Lipinski definition) is 5. The summed E-state index contributed by atoms with van der Waals surface area (Å²) in [6, 6.07) is 3.29. The number of aryl methyl sites for hydroxylation is 2. The van der Waals surface area contributed by atoms with E-state index >= 15 is 0 Å². The predicted octanol–water partition coefficient (Wildman–Crippen LogP) is 1.63. The van der Waals surface area contributed by atoms with Gasteiger partial charge in [-0.25, -0.2) is 4.79 Å². The van der Waals surface area contributed by atoms with E-state index in [9.17, 15) is 14.7 Å². The highest BCUT2D eigenvalue weighted by Gasteiger charge is 2.24. The maximum Gasteiger partial charge on any atom is 0.337 e. The molecule has 2 aromatic heterocycles. The number of fused-ring (bicyclic) bond motifs is 1. The molecule has 0 fully saturated rings. The van der Waals surface area contributed by atoms with E-state index in [1.54, 1.807) is 30.9 Å². The van der Waals surface area contributed by atoms with Crippen LogP contribution in [0.15, 0.2) is 16.7 Å². The number of rotatable bonds is 2. The average Bonchev–Trinajstić information content (AvgIpc) is 2.83. The Morgan fingerprint density at radius 1 is 1.22 bits per heavy atom. The fourth-order valence-corrected chi connectivity index (χ4v) is 2.79. The monoisotopic (exact) mass is 315 g/mol. The highest BCUT2D eigenvalue weighted by Crippen LogP contribution is 2.19. The first-order chi connectivity index (χ1) is 11.0. The molecule has 0 saturated carbocycles. The summed E-state index contributed by atoms with van der Waals surface area (Å²) in [5.41, 5.74) is 2.77. The van der Waals surface area contributed by atoms with E-state index in [-0.39, 0.29) is 11.5 Å². The summed E-state index contributed by atoms with van der Waals surface area (Å²) < 4.78 is 4.95. The molecule has 0 spiro atoms. The van der Waals surface area contributed by atoms with Crippen LogP contribution < -0.4 is 0 Å². The number of pyridine rings is 1. The van der Waals surface area contributed by atoms with Crippen molar-refractivity contribution in [2.75, 3.05) is 13.1 Å². The summed E-state index contributed by atoms with van der Waals surface area (Å²) in [7, 11) is 0. The first-order valence-electron chi connectivity index (χ1n) is 7.41. The normalized spacial score (nSPS) is 14.3. The molecule has 7 nitrogen and oxygen atoms in total. The van der Waals surface area contributed by atoms with Crippen LogP contribution in [0.1, 0.15) is 43.6 Å². The van der Waals surface area contributed by atoms with Gasteiger partial charge in [0.2, 0.25) is 0 Å². The number of nitrogens with zero attached hydrogens (tertiary/aromatic N) is 3. The van der Waals surface area contributed by atoms with Gasteiger partial charge in [0, 0.05) is 31.3 Å². The van der Waals surface area contributed by atoms with Crippen LogP contribution in [0.25, 0.3) is 0 Å². The smallest absolute Gasteiger partial charge is 0.337 e. The summed E-state index contributed by atoms with van der Waals surface area (Å²) in [4.78, 5) is 29.8. The number of amides is 1. The molecule has 120 valence electrons. The predicted molar refractivity (Wildman–Crippen MR) is 80.5 cm³/mol. The molecule has 0 saturated heterocycles. The van der Waals surface area contributed by atoms with Crippen molar-refractivity contribution in [2.24, 2.45) is 0 Å². The molecule has 1 aliphatic heterocycles. The summed E-state index contributed by atoms with van der Waals surface area (Å²) in [6.45, 7) is 4.45. The van der Waals surface area contributed by atoms with Crippen molar-refractivity contribution in [1.82, 2.24) is 15.0 Å². The molecule has 0 bridgehead atoms. The average molecular weight is 315 g/mol.